The SMILES string of the molecule is CC.O=C1CCCCN1[C@H]1CCNC1. The molecule has 2 rings (SSSR count). The Labute approximate surface area is 86.9 Å². The summed E-state index contributed by atoms with van der Waals surface area (Å²) >= 11 is 0. The van der Waals surface area contributed by atoms with Crippen LogP contribution in [-0.2, 0) is 4.79 Å². The first-order chi connectivity index (χ1) is 6.88. The summed E-state index contributed by atoms with van der Waals surface area (Å²) in [4.78, 5) is 13.6. The van der Waals surface area contributed by atoms with E-state index in [1.807, 2.05) is 13.8 Å². The second kappa shape index (κ2) is 6.02. The summed E-state index contributed by atoms with van der Waals surface area (Å²) in [6.07, 6.45) is 4.21. The van der Waals surface area contributed by atoms with Gasteiger partial charge in [0, 0.05) is 25.6 Å². The standard InChI is InChI=1S/C9H16N2O.C2H6/c12-9-3-1-2-6-11(9)8-4-5-10-7-8;1-2/h8,10H,1-7H2;1-2H3/t8-;/m0./s1. The number of nitrogens with one attached hydrogen (secondary N) is 1. The van der Waals surface area contributed by atoms with Crippen LogP contribution in [0.5, 0.6) is 0 Å². The molecule has 2 heterocycles. The molecule has 0 aromatic rings. The molecule has 3 nitrogen and oxygen atoms in total. The minimum absolute atomic E-state index is 0.370. The molecule has 2 saturated heterocycles. The highest BCUT2D eigenvalue weighted by atomic mass is 16.2. The molecule has 3 heteroatoms. The van der Waals surface area contributed by atoms with Gasteiger partial charge >= 0.3 is 0 Å². The van der Waals surface area contributed by atoms with Gasteiger partial charge in [0.25, 0.3) is 0 Å². The van der Waals surface area contributed by atoms with E-state index in [1.54, 1.807) is 0 Å². The van der Waals surface area contributed by atoms with E-state index in [1.165, 1.54) is 6.42 Å². The van der Waals surface area contributed by atoms with Crippen LogP contribution in [0.3, 0.4) is 0 Å². The minimum atomic E-state index is 0.370. The fourth-order valence-electron chi connectivity index (χ4n) is 2.12. The molecule has 0 saturated carbocycles. The van der Waals surface area contributed by atoms with Crippen molar-refractivity contribution in [3.63, 3.8) is 0 Å². The molecule has 1 atom stereocenters. The Bertz CT molecular complexity index is 176. The lowest BCUT2D eigenvalue weighted by Gasteiger charge is -2.31. The third-order valence-electron chi connectivity index (χ3n) is 2.84. The molecule has 2 aliphatic heterocycles. The molecule has 14 heavy (non-hydrogen) atoms. The van der Waals surface area contributed by atoms with E-state index >= 15 is 0 Å². The van der Waals surface area contributed by atoms with Gasteiger partial charge in [0.15, 0.2) is 0 Å². The number of rotatable bonds is 1. The predicted molar refractivity (Wildman–Crippen MR) is 58.2 cm³/mol. The Hall–Kier alpha value is -0.570. The second-order valence-electron chi connectivity index (χ2n) is 3.69. The highest BCUT2D eigenvalue weighted by Crippen LogP contribution is 2.16. The molecular formula is C11H22N2O. The van der Waals surface area contributed by atoms with Crippen LogP contribution in [0.25, 0.3) is 0 Å². The van der Waals surface area contributed by atoms with Crippen LogP contribution in [0.2, 0.25) is 0 Å². The third-order valence-corrected chi connectivity index (χ3v) is 2.84. The van der Waals surface area contributed by atoms with Gasteiger partial charge in [-0.1, -0.05) is 13.8 Å². The molecule has 2 aliphatic rings. The zero-order chi connectivity index (χ0) is 10.4. The summed E-state index contributed by atoms with van der Waals surface area (Å²) in [7, 11) is 0. The fourth-order valence-corrected chi connectivity index (χ4v) is 2.12. The molecule has 0 aliphatic carbocycles. The first-order valence-corrected chi connectivity index (χ1v) is 5.88. The molecule has 1 N–H and O–H groups in total. The zero-order valence-electron chi connectivity index (χ0n) is 9.38. The largest absolute Gasteiger partial charge is 0.338 e. The van der Waals surface area contributed by atoms with Gasteiger partial charge in [-0.15, -0.1) is 0 Å². The lowest BCUT2D eigenvalue weighted by atomic mass is 10.1. The molecule has 0 radical (unpaired) electrons. The number of nitrogens with zero attached hydrogens (tertiary/aromatic N) is 1. The van der Waals surface area contributed by atoms with Crippen LogP contribution in [0.15, 0.2) is 0 Å². The van der Waals surface area contributed by atoms with Crippen molar-refractivity contribution in [2.75, 3.05) is 19.6 Å². The predicted octanol–water partition coefficient (Wildman–Crippen LogP) is 1.39. The van der Waals surface area contributed by atoms with Crippen LogP contribution < -0.4 is 5.32 Å². The van der Waals surface area contributed by atoms with E-state index < -0.39 is 0 Å². The van der Waals surface area contributed by atoms with Crippen LogP contribution in [0, 0.1) is 0 Å². The average Bonchev–Trinajstić information content (AvgIpc) is 2.75. The molecule has 0 unspecified atom stereocenters. The number of hydrogen-bond donors (Lipinski definition) is 1. The third kappa shape index (κ3) is 2.71. The number of piperidine rings is 1. The smallest absolute Gasteiger partial charge is 0.222 e. The van der Waals surface area contributed by atoms with Crippen LogP contribution in [0.1, 0.15) is 39.5 Å². The summed E-state index contributed by atoms with van der Waals surface area (Å²) in [5.41, 5.74) is 0. The topological polar surface area (TPSA) is 32.3 Å². The van der Waals surface area contributed by atoms with Crippen molar-refractivity contribution < 1.29 is 4.79 Å². The van der Waals surface area contributed by atoms with E-state index in [0.29, 0.717) is 11.9 Å². The van der Waals surface area contributed by atoms with Gasteiger partial charge in [0.05, 0.1) is 0 Å². The van der Waals surface area contributed by atoms with Gasteiger partial charge in [-0.25, -0.2) is 0 Å². The number of hydrogen-bond acceptors (Lipinski definition) is 2. The van der Waals surface area contributed by atoms with Crippen molar-refractivity contribution >= 4 is 5.91 Å². The quantitative estimate of drug-likeness (QED) is 0.690. The van der Waals surface area contributed by atoms with Gasteiger partial charge in [0.2, 0.25) is 5.91 Å². The number of carbonyl (C=O) groups excluding carboxylic acids is 1. The van der Waals surface area contributed by atoms with E-state index in [-0.39, 0.29) is 0 Å². The summed E-state index contributed by atoms with van der Waals surface area (Å²) in [6.45, 7) is 7.07. The van der Waals surface area contributed by atoms with Gasteiger partial charge in [-0.2, -0.15) is 0 Å². The van der Waals surface area contributed by atoms with Crippen molar-refractivity contribution in [2.45, 2.75) is 45.6 Å². The Morgan fingerprint density at radius 3 is 2.71 bits per heavy atom. The maximum atomic E-state index is 11.5. The Kier molecular flexibility index (Phi) is 4.94. The first kappa shape index (κ1) is 11.5. The van der Waals surface area contributed by atoms with Crippen molar-refractivity contribution in [1.29, 1.82) is 0 Å². The van der Waals surface area contributed by atoms with E-state index in [4.69, 9.17) is 0 Å². The normalized spacial score (nSPS) is 27.1. The molecule has 82 valence electrons. The summed E-state index contributed by atoms with van der Waals surface area (Å²) in [5.74, 6) is 0.370. The average molecular weight is 198 g/mol. The molecule has 0 aromatic heterocycles. The van der Waals surface area contributed by atoms with Gasteiger partial charge in [-0.05, 0) is 25.8 Å². The highest BCUT2D eigenvalue weighted by Gasteiger charge is 2.27. The lowest BCUT2D eigenvalue weighted by molar-refractivity contribution is -0.135. The van der Waals surface area contributed by atoms with E-state index in [9.17, 15) is 4.79 Å². The fraction of sp³-hybridized carbons (Fsp3) is 0.909. The number of amides is 1. The van der Waals surface area contributed by atoms with Crippen molar-refractivity contribution in [2.24, 2.45) is 0 Å². The van der Waals surface area contributed by atoms with Gasteiger partial charge < -0.3 is 10.2 Å². The molecule has 0 aromatic carbocycles. The van der Waals surface area contributed by atoms with Crippen molar-refractivity contribution in [3.8, 4) is 0 Å². The van der Waals surface area contributed by atoms with Crippen molar-refractivity contribution in [3.05, 3.63) is 0 Å². The molecule has 1 amide bonds. The van der Waals surface area contributed by atoms with Gasteiger partial charge in [0.1, 0.15) is 0 Å². The van der Waals surface area contributed by atoms with Crippen LogP contribution >= 0.6 is 0 Å². The lowest BCUT2D eigenvalue weighted by Crippen LogP contribution is -2.44. The molecular weight excluding hydrogens is 176 g/mol. The second-order valence-corrected chi connectivity index (χ2v) is 3.69. The van der Waals surface area contributed by atoms with E-state index in [2.05, 4.69) is 10.2 Å². The van der Waals surface area contributed by atoms with Crippen LogP contribution in [-0.4, -0.2) is 36.5 Å². The van der Waals surface area contributed by atoms with Crippen LogP contribution in [0.4, 0.5) is 0 Å². The Morgan fingerprint density at radius 2 is 2.14 bits per heavy atom. The minimum Gasteiger partial charge on any atom is -0.338 e. The molecule has 0 spiro atoms. The van der Waals surface area contributed by atoms with Gasteiger partial charge in [-0.3, -0.25) is 4.79 Å². The maximum Gasteiger partial charge on any atom is 0.222 e. The van der Waals surface area contributed by atoms with Crippen molar-refractivity contribution in [1.82, 2.24) is 10.2 Å². The molecule has 2 fully saturated rings. The monoisotopic (exact) mass is 198 g/mol. The molecule has 0 bridgehead atoms. The zero-order valence-corrected chi connectivity index (χ0v) is 9.38. The Balaban J connectivity index is 0.000000461. The number of carbonyl (C=O) groups is 1. The summed E-state index contributed by atoms with van der Waals surface area (Å²) in [5, 5.41) is 3.30. The number of likely N-dealkylation sites (tertiary alicyclic amines) is 1. The van der Waals surface area contributed by atoms with E-state index in [0.717, 1.165) is 38.9 Å². The maximum absolute atomic E-state index is 11.5. The highest BCUT2D eigenvalue weighted by molar-refractivity contribution is 5.77. The summed E-state index contributed by atoms with van der Waals surface area (Å²) < 4.78 is 0. The Morgan fingerprint density at radius 1 is 1.36 bits per heavy atom. The first-order valence-electron chi connectivity index (χ1n) is 5.88. The summed E-state index contributed by atoms with van der Waals surface area (Å²) in [6, 6.07) is 0.498.